The predicted octanol–water partition coefficient (Wildman–Crippen LogP) is 6.25. The molecule has 5 rings (SSSR count). The number of carboxylic acids is 1. The lowest BCUT2D eigenvalue weighted by Crippen LogP contribution is -2.35. The van der Waals surface area contributed by atoms with Crippen LogP contribution in [0.1, 0.15) is 48.3 Å². The maximum absolute atomic E-state index is 13.7. The lowest BCUT2D eigenvalue weighted by Gasteiger charge is -2.26. The fraction of sp³-hybridized carbons (Fsp3) is 0.250. The fourth-order valence-electron chi connectivity index (χ4n) is 5.34. The molecule has 2 unspecified atom stereocenters. The molecule has 0 saturated carbocycles. The van der Waals surface area contributed by atoms with Crippen molar-refractivity contribution in [2.45, 2.75) is 42.9 Å². The van der Waals surface area contributed by atoms with Crippen molar-refractivity contribution >= 4 is 15.8 Å². The Kier molecular flexibility index (Phi) is 7.64. The van der Waals surface area contributed by atoms with E-state index in [1.807, 2.05) is 68.4 Å². The van der Waals surface area contributed by atoms with Crippen LogP contribution in [0.4, 0.5) is 0 Å². The third kappa shape index (κ3) is 5.51. The molecule has 1 aliphatic rings. The van der Waals surface area contributed by atoms with Gasteiger partial charge in [-0.3, -0.25) is 15.1 Å². The van der Waals surface area contributed by atoms with Gasteiger partial charge in [0, 0.05) is 24.5 Å². The van der Waals surface area contributed by atoms with E-state index in [2.05, 4.69) is 10.3 Å². The second-order valence-electron chi connectivity index (χ2n) is 10.4. The van der Waals surface area contributed by atoms with Gasteiger partial charge in [0.15, 0.2) is 9.84 Å². The lowest BCUT2D eigenvalue weighted by molar-refractivity contribution is -0.139. The number of nitrogens with zero attached hydrogens (tertiary/aromatic N) is 1. The molecular weight excluding hydrogens is 508 g/mol. The van der Waals surface area contributed by atoms with E-state index >= 15 is 0 Å². The van der Waals surface area contributed by atoms with E-state index in [1.54, 1.807) is 36.7 Å². The van der Waals surface area contributed by atoms with Crippen molar-refractivity contribution in [3.63, 3.8) is 0 Å². The summed E-state index contributed by atoms with van der Waals surface area (Å²) in [5.74, 6) is -1.27. The SMILES string of the molecule is CC(C)CC(C(=O)O)c1ccc(-c2cccnc2)c(-c2ccc(S(=O)(=O)C3NCCc4ccccc43)cc2)c1. The van der Waals surface area contributed by atoms with E-state index in [0.717, 1.165) is 45.4 Å². The van der Waals surface area contributed by atoms with Crippen LogP contribution in [0, 0.1) is 5.92 Å². The largest absolute Gasteiger partial charge is 0.481 e. The molecule has 0 aliphatic carbocycles. The maximum Gasteiger partial charge on any atom is 0.310 e. The van der Waals surface area contributed by atoms with Gasteiger partial charge < -0.3 is 5.11 Å². The molecule has 2 atom stereocenters. The van der Waals surface area contributed by atoms with Crippen molar-refractivity contribution in [3.05, 3.63) is 108 Å². The van der Waals surface area contributed by atoms with Crippen LogP contribution in [0.3, 0.4) is 0 Å². The molecule has 0 fully saturated rings. The number of fused-ring (bicyclic) bond motifs is 1. The highest BCUT2D eigenvalue weighted by Gasteiger charge is 2.32. The number of hydrogen-bond donors (Lipinski definition) is 2. The second-order valence-corrected chi connectivity index (χ2v) is 12.5. The molecule has 3 aromatic carbocycles. The molecule has 4 aromatic rings. The average Bonchev–Trinajstić information content (AvgIpc) is 2.95. The number of aromatic nitrogens is 1. The number of hydrogen-bond acceptors (Lipinski definition) is 5. The van der Waals surface area contributed by atoms with Crippen molar-refractivity contribution in [1.82, 2.24) is 10.3 Å². The van der Waals surface area contributed by atoms with E-state index in [9.17, 15) is 18.3 Å². The molecule has 0 spiro atoms. The van der Waals surface area contributed by atoms with Crippen LogP contribution in [0.5, 0.6) is 0 Å². The van der Waals surface area contributed by atoms with Gasteiger partial charge in [-0.1, -0.05) is 68.4 Å². The number of sulfone groups is 1. The van der Waals surface area contributed by atoms with Crippen LogP contribution in [-0.2, 0) is 21.1 Å². The minimum atomic E-state index is -3.68. The van der Waals surface area contributed by atoms with Crippen molar-refractivity contribution in [2.75, 3.05) is 6.54 Å². The summed E-state index contributed by atoms with van der Waals surface area (Å²) in [6, 6.07) is 24.1. The number of carboxylic acid groups (broad SMARTS) is 1. The molecule has 0 bridgehead atoms. The van der Waals surface area contributed by atoms with E-state index in [1.165, 1.54) is 0 Å². The molecule has 7 heteroatoms. The summed E-state index contributed by atoms with van der Waals surface area (Å²) in [5.41, 5.74) is 6.01. The Bertz CT molecular complexity index is 1580. The Labute approximate surface area is 229 Å². The molecule has 39 heavy (non-hydrogen) atoms. The maximum atomic E-state index is 13.7. The Morgan fingerprint density at radius 2 is 1.74 bits per heavy atom. The highest BCUT2D eigenvalue weighted by atomic mass is 32.2. The molecule has 200 valence electrons. The van der Waals surface area contributed by atoms with E-state index in [4.69, 9.17) is 0 Å². The first kappa shape index (κ1) is 26.8. The zero-order valence-electron chi connectivity index (χ0n) is 22.0. The average molecular weight is 541 g/mol. The number of rotatable bonds is 8. The number of carbonyl (C=O) groups is 1. The van der Waals surface area contributed by atoms with Crippen LogP contribution in [0.25, 0.3) is 22.3 Å². The quantitative estimate of drug-likeness (QED) is 0.274. The van der Waals surface area contributed by atoms with E-state index < -0.39 is 27.1 Å². The van der Waals surface area contributed by atoms with Crippen molar-refractivity contribution in [3.8, 4) is 22.3 Å². The van der Waals surface area contributed by atoms with Crippen LogP contribution in [-0.4, -0.2) is 31.0 Å². The minimum absolute atomic E-state index is 0.218. The van der Waals surface area contributed by atoms with Gasteiger partial charge in [0.05, 0.1) is 10.8 Å². The number of pyridine rings is 1. The van der Waals surface area contributed by atoms with E-state index in [-0.39, 0.29) is 10.8 Å². The second kappa shape index (κ2) is 11.1. The summed E-state index contributed by atoms with van der Waals surface area (Å²) < 4.78 is 27.3. The Hall–Kier alpha value is -3.81. The summed E-state index contributed by atoms with van der Waals surface area (Å²) in [5, 5.41) is 12.4. The Morgan fingerprint density at radius 3 is 2.44 bits per heavy atom. The Balaban J connectivity index is 1.56. The first-order chi connectivity index (χ1) is 18.8. The summed E-state index contributed by atoms with van der Waals surface area (Å²) in [6.45, 7) is 4.63. The topological polar surface area (TPSA) is 96.4 Å². The summed E-state index contributed by atoms with van der Waals surface area (Å²) in [7, 11) is -3.68. The first-order valence-electron chi connectivity index (χ1n) is 13.2. The molecular formula is C32H32N2O4S. The van der Waals surface area contributed by atoms with Crippen LogP contribution in [0.2, 0.25) is 0 Å². The number of aliphatic carboxylic acids is 1. The van der Waals surface area contributed by atoms with Gasteiger partial charge in [0.2, 0.25) is 0 Å². The summed E-state index contributed by atoms with van der Waals surface area (Å²) in [6.07, 6.45) is 4.79. The number of nitrogens with one attached hydrogen (secondary N) is 1. The molecule has 0 saturated heterocycles. The molecule has 0 radical (unpaired) electrons. The minimum Gasteiger partial charge on any atom is -0.481 e. The highest BCUT2D eigenvalue weighted by molar-refractivity contribution is 7.91. The lowest BCUT2D eigenvalue weighted by atomic mass is 9.86. The first-order valence-corrected chi connectivity index (χ1v) is 14.7. The van der Waals surface area contributed by atoms with Crippen LogP contribution < -0.4 is 5.32 Å². The summed E-state index contributed by atoms with van der Waals surface area (Å²) in [4.78, 5) is 16.6. The van der Waals surface area contributed by atoms with Gasteiger partial charge in [-0.2, -0.15) is 0 Å². The zero-order valence-corrected chi connectivity index (χ0v) is 22.9. The molecule has 0 amide bonds. The molecule has 6 nitrogen and oxygen atoms in total. The summed E-state index contributed by atoms with van der Waals surface area (Å²) >= 11 is 0. The van der Waals surface area contributed by atoms with Gasteiger partial charge in [-0.05, 0) is 76.4 Å². The van der Waals surface area contributed by atoms with Gasteiger partial charge in [-0.15, -0.1) is 0 Å². The highest BCUT2D eigenvalue weighted by Crippen LogP contribution is 2.37. The van der Waals surface area contributed by atoms with Crippen molar-refractivity contribution in [1.29, 1.82) is 0 Å². The Morgan fingerprint density at radius 1 is 0.974 bits per heavy atom. The van der Waals surface area contributed by atoms with Gasteiger partial charge in [0.1, 0.15) is 5.37 Å². The smallest absolute Gasteiger partial charge is 0.310 e. The third-order valence-electron chi connectivity index (χ3n) is 7.29. The molecule has 1 aromatic heterocycles. The molecule has 2 N–H and O–H groups in total. The normalized spacial score (nSPS) is 16.0. The molecule has 1 aliphatic heterocycles. The molecule has 2 heterocycles. The fourth-order valence-corrected chi connectivity index (χ4v) is 7.03. The number of benzene rings is 3. The zero-order chi connectivity index (χ0) is 27.6. The van der Waals surface area contributed by atoms with E-state index in [0.29, 0.717) is 13.0 Å². The van der Waals surface area contributed by atoms with Gasteiger partial charge in [0.25, 0.3) is 0 Å². The van der Waals surface area contributed by atoms with Crippen LogP contribution in [0.15, 0.2) is 96.2 Å². The van der Waals surface area contributed by atoms with Crippen LogP contribution >= 0.6 is 0 Å². The van der Waals surface area contributed by atoms with Crippen molar-refractivity contribution < 1.29 is 18.3 Å². The van der Waals surface area contributed by atoms with Gasteiger partial charge in [-0.25, -0.2) is 8.42 Å². The third-order valence-corrected chi connectivity index (χ3v) is 9.26. The standard InChI is InChI=1S/C32H32N2O4S/c1-21(2)18-30(32(35)36)24-11-14-27(25-7-5-16-33-20-25)29(19-24)23-9-12-26(13-10-23)39(37,38)31-28-8-4-3-6-22(28)15-17-34-31/h3-14,16,19-21,30-31,34H,15,17-18H2,1-2H3,(H,35,36). The van der Waals surface area contributed by atoms with Gasteiger partial charge >= 0.3 is 5.97 Å². The van der Waals surface area contributed by atoms with Crippen molar-refractivity contribution in [2.24, 2.45) is 5.92 Å². The monoisotopic (exact) mass is 540 g/mol. The predicted molar refractivity (Wildman–Crippen MR) is 153 cm³/mol.